The third-order valence-electron chi connectivity index (χ3n) is 23.8. The van der Waals surface area contributed by atoms with E-state index in [9.17, 15) is 65.9 Å². The van der Waals surface area contributed by atoms with E-state index in [-0.39, 0.29) is 91.9 Å². The molecule has 0 N–H and O–H groups in total. The highest BCUT2D eigenvalue weighted by Gasteiger charge is 2.54. The summed E-state index contributed by atoms with van der Waals surface area (Å²) in [5.74, 6) is -97.5. The van der Waals surface area contributed by atoms with Gasteiger partial charge >= 0.3 is 27.3 Å². The third-order valence-corrected chi connectivity index (χ3v) is 29.1. The third kappa shape index (κ3) is 21.7. The van der Waals surface area contributed by atoms with Gasteiger partial charge in [-0.05, 0) is 140 Å². The first kappa shape index (κ1) is 116. The van der Waals surface area contributed by atoms with Gasteiger partial charge in [0, 0.05) is 18.4 Å². The van der Waals surface area contributed by atoms with E-state index in [0.717, 1.165) is 27.9 Å². The standard InChI is InChI=1S/C32H12BF16.C26H4BF18.C19H12F3.C16H18I.C15H15S.FH/c1-5-9-17(34)25(42)13(26(43)18(9)35)33(14-27(44)19(36)10(6-2)20(37)28(14)45,15-29(46)21(38)11(7-3)22(39)30(15)47)16-31(48)23(40)12(8-4)24(41)32(16)49;28-10(26(44)45)5-1-3-6(4-2-5)27(7-11(29)17(35)23(41)18(36)12(7)30,8-13(31)19(37)24(42)20(38)14(8)32)9-15(33)21(39)25(43)22(40)16(9)34;20-16-7-1-13(2-8-16)19(14-3-9-17(21)10-4-14)15-5-11-18(22)12-6-15;1-12(2)14-6-10-16(11-7-14)17-15-8-4-13(3)5-9-15;1-3-7-13(8-4-1)16(15-11-12-15)14-9-5-2-6-10-14;/h5-8H,1-4H2;1-4H;1-12H;4-12H,1-3H3;1-10,15H,11-12H2;1H/q2*-1;3*+1;. The number of aryl methyl sites for hydroxylation is 1. The van der Waals surface area contributed by atoms with Crippen molar-refractivity contribution in [1.82, 2.24) is 0 Å². The second-order valence-corrected chi connectivity index (χ2v) is 38.0. The summed E-state index contributed by atoms with van der Waals surface area (Å²) in [5, 5.41) is 0.893. The minimum Gasteiger partial charge on any atom is -0.269 e. The summed E-state index contributed by atoms with van der Waals surface area (Å²) in [6.45, 7) is 17.9. The van der Waals surface area contributed by atoms with E-state index >= 15 is 96.6 Å². The number of halogens is 39. The average molecular weight is 2260 g/mol. The topological polar surface area (TPSA) is 0 Å². The van der Waals surface area contributed by atoms with E-state index in [1.54, 1.807) is 36.4 Å². The molecule has 15 aromatic rings. The van der Waals surface area contributed by atoms with Crippen LogP contribution >= 0.6 is 0 Å². The second kappa shape index (κ2) is 47.5. The fourth-order valence-electron chi connectivity index (χ4n) is 16.7. The summed E-state index contributed by atoms with van der Waals surface area (Å²) in [6.07, 6.45) is -13.0. The molecule has 1 fully saturated rings. The molecule has 0 bridgehead atoms. The van der Waals surface area contributed by atoms with Crippen LogP contribution in [0.2, 0.25) is 0 Å². The summed E-state index contributed by atoms with van der Waals surface area (Å²) in [6, 6.07) is 57.9. The van der Waals surface area contributed by atoms with Crippen LogP contribution in [0.5, 0.6) is 0 Å². The fraction of sp³-hybridized carbons (Fsp3) is 0.0648. The predicted octanol–water partition coefficient (Wildman–Crippen LogP) is 25.0. The van der Waals surface area contributed by atoms with Crippen LogP contribution in [-0.4, -0.2) is 17.5 Å². The van der Waals surface area contributed by atoms with Gasteiger partial charge in [0.1, 0.15) is 116 Å². The zero-order valence-corrected chi connectivity index (χ0v) is 79.1. The molecule has 0 spiro atoms. The molecule has 150 heavy (non-hydrogen) atoms. The largest absolute Gasteiger partial charge is 0.357 e. The van der Waals surface area contributed by atoms with Crippen molar-refractivity contribution in [1.29, 1.82) is 0 Å². The number of hydrogen-bond donors (Lipinski definition) is 0. The SMILES string of the molecule is C=Cc1c(F)c(F)c([B-](c2c(F)c(F)c(C=C)c(F)c2F)(c2c(F)c(F)c(C=C)c(F)c2F)c2c(F)c(F)c(C=C)c(F)c2F)c(F)c1F.Cc1ccc([I+]c2ccc(C(C)C)cc2)cc1.F.FC(F)=C(F)c1ccc([B-](c2c(F)c(F)c(F)c(F)c2F)(c2c(F)c(F)c(F)c(F)c2F)c2c(F)c(F)c(F)c(F)c2F)cc1.Fc1ccc([C+](c2ccc(F)cc2)c2ccc(F)cc2)cc1.c1ccc([S+](c2ccccc2)C2CC2)cc1. The molecular formula is C108H62B2F38IS+. The lowest BCUT2D eigenvalue weighted by molar-refractivity contribution is -0.597. The predicted molar refractivity (Wildman–Crippen MR) is 491 cm³/mol. The van der Waals surface area contributed by atoms with Crippen LogP contribution < -0.4 is 64.9 Å². The van der Waals surface area contributed by atoms with Crippen LogP contribution in [0.1, 0.15) is 88.2 Å². The molecule has 1 aliphatic carbocycles. The molecule has 42 heteroatoms. The minimum absolute atomic E-state index is 0. The highest BCUT2D eigenvalue weighted by Crippen LogP contribution is 2.42. The summed E-state index contributed by atoms with van der Waals surface area (Å²) in [5.41, 5.74) is -26.4. The second-order valence-electron chi connectivity index (χ2n) is 32.7. The Hall–Kier alpha value is -14.6. The van der Waals surface area contributed by atoms with Crippen molar-refractivity contribution >= 4 is 97.0 Å². The van der Waals surface area contributed by atoms with Crippen LogP contribution in [0.15, 0.2) is 248 Å². The lowest BCUT2D eigenvalue weighted by Gasteiger charge is -2.45. The summed E-state index contributed by atoms with van der Waals surface area (Å²) in [7, 11) is 0.308. The first-order valence-electron chi connectivity index (χ1n) is 42.9. The van der Waals surface area contributed by atoms with Crippen molar-refractivity contribution in [2.24, 2.45) is 0 Å². The molecule has 0 heterocycles. The van der Waals surface area contributed by atoms with Gasteiger partial charge in [0.05, 0.1) is 55.8 Å². The van der Waals surface area contributed by atoms with Crippen molar-refractivity contribution in [2.75, 3.05) is 0 Å². The number of hydrogen-bond acceptors (Lipinski definition) is 0. The molecule has 15 aromatic carbocycles. The van der Waals surface area contributed by atoms with Crippen molar-refractivity contribution in [3.8, 4) is 0 Å². The molecule has 0 unspecified atom stereocenters. The molecule has 778 valence electrons. The van der Waals surface area contributed by atoms with Gasteiger partial charge in [-0.1, -0.05) is 155 Å². The Morgan fingerprint density at radius 2 is 0.513 bits per heavy atom. The Morgan fingerprint density at radius 1 is 0.287 bits per heavy atom. The quantitative estimate of drug-likeness (QED) is 0.00927. The molecule has 0 nitrogen and oxygen atoms in total. The Bertz CT molecular complexity index is 6900. The first-order valence-corrected chi connectivity index (χ1v) is 46.3. The molecule has 0 aliphatic heterocycles. The lowest BCUT2D eigenvalue weighted by atomic mass is 9.12. The van der Waals surface area contributed by atoms with Gasteiger partial charge in [-0.15, -0.1) is 38.2 Å². The Kier molecular flexibility index (Phi) is 36.6. The van der Waals surface area contributed by atoms with Crippen LogP contribution in [-0.2, 0) is 10.9 Å². The van der Waals surface area contributed by atoms with Gasteiger partial charge in [-0.2, -0.15) is 14.2 Å². The lowest BCUT2D eigenvalue weighted by Crippen LogP contribution is -3.61. The van der Waals surface area contributed by atoms with Crippen LogP contribution in [0.3, 0.4) is 0 Å². The molecule has 1 aliphatic rings. The van der Waals surface area contributed by atoms with Gasteiger partial charge in [0.25, 0.3) is 0 Å². The van der Waals surface area contributed by atoms with Gasteiger partial charge in [0.2, 0.25) is 0 Å². The molecule has 1 saturated carbocycles. The average Bonchev–Trinajstić information content (AvgIpc) is 0.799. The van der Waals surface area contributed by atoms with E-state index in [2.05, 4.69) is 156 Å². The smallest absolute Gasteiger partial charge is 0.269 e. The van der Waals surface area contributed by atoms with Crippen molar-refractivity contribution in [2.45, 2.75) is 54.6 Å². The summed E-state index contributed by atoms with van der Waals surface area (Å²) in [4.78, 5) is 2.99. The van der Waals surface area contributed by atoms with Gasteiger partial charge in [-0.3, -0.25) is 4.70 Å². The molecule has 0 radical (unpaired) electrons. The Labute approximate surface area is 840 Å². The van der Waals surface area contributed by atoms with Gasteiger partial charge in [-0.25, -0.2) is 154 Å². The normalized spacial score (nSPS) is 11.7. The molecule has 0 amide bonds. The highest BCUT2D eigenvalue weighted by molar-refractivity contribution is 7.97. The minimum atomic E-state index is -6.71. The maximum atomic E-state index is 16.1. The maximum absolute atomic E-state index is 16.1. The molecule has 0 aromatic heterocycles. The molecule has 0 atom stereocenters. The monoisotopic (exact) mass is 2260 g/mol. The van der Waals surface area contributed by atoms with Crippen LogP contribution in [0, 0.1) is 218 Å². The van der Waals surface area contributed by atoms with E-state index in [4.69, 9.17) is 0 Å². The van der Waals surface area contributed by atoms with E-state index < -0.39 is 276 Å². The number of benzene rings is 15. The van der Waals surface area contributed by atoms with Crippen molar-refractivity contribution < 1.29 is 188 Å². The van der Waals surface area contributed by atoms with Gasteiger partial charge < -0.3 is 0 Å². The van der Waals surface area contributed by atoms with Gasteiger partial charge in [0.15, 0.2) is 122 Å². The molecule has 0 saturated heterocycles. The van der Waals surface area contributed by atoms with E-state index in [1.807, 2.05) is 0 Å². The van der Waals surface area contributed by atoms with E-state index in [1.165, 1.54) is 77.3 Å². The van der Waals surface area contributed by atoms with Crippen LogP contribution in [0.4, 0.5) is 167 Å². The highest BCUT2D eigenvalue weighted by atomic mass is 127. The van der Waals surface area contributed by atoms with Crippen molar-refractivity contribution in [3.63, 3.8) is 0 Å². The fourth-order valence-corrected chi connectivity index (χ4v) is 21.4. The van der Waals surface area contributed by atoms with Crippen LogP contribution in [0.25, 0.3) is 30.1 Å². The zero-order chi connectivity index (χ0) is 110. The Morgan fingerprint density at radius 3 is 0.740 bits per heavy atom. The summed E-state index contributed by atoms with van der Waals surface area (Å²) < 4.78 is 555. The maximum Gasteiger partial charge on any atom is 0.357 e. The molecule has 16 rings (SSSR count). The Balaban J connectivity index is 0.000000191. The van der Waals surface area contributed by atoms with E-state index in [0.29, 0.717) is 16.8 Å². The first-order chi connectivity index (χ1) is 70.4. The number of rotatable bonds is 22. The van der Waals surface area contributed by atoms with Crippen molar-refractivity contribution in [3.05, 3.63) is 505 Å². The zero-order valence-electron chi connectivity index (χ0n) is 76.2. The summed E-state index contributed by atoms with van der Waals surface area (Å²) >= 11 is -0.0167. The molecular weight excluding hydrogens is 2200 g/mol.